The molecule has 69 heavy (non-hydrogen) atoms. The van der Waals surface area contributed by atoms with Crippen LogP contribution in [0.15, 0.2) is 48.0 Å². The fourth-order valence-electron chi connectivity index (χ4n) is 9.44. The van der Waals surface area contributed by atoms with Crippen LogP contribution in [0, 0.1) is 11.3 Å². The van der Waals surface area contributed by atoms with E-state index in [0.717, 1.165) is 69.7 Å². The van der Waals surface area contributed by atoms with Gasteiger partial charge in [0.2, 0.25) is 0 Å². The van der Waals surface area contributed by atoms with Crippen LogP contribution in [0.5, 0.6) is 57.5 Å². The number of hydrogen-bond acceptors (Lipinski definition) is 18. The molecule has 7 aromatic rings. The van der Waals surface area contributed by atoms with Crippen LogP contribution in [-0.2, 0) is 17.6 Å². The van der Waals surface area contributed by atoms with Gasteiger partial charge in [0, 0.05) is 17.9 Å². The molecular weight excluding hydrogens is 981 g/mol. The predicted molar refractivity (Wildman–Crippen MR) is 266 cm³/mol. The van der Waals surface area contributed by atoms with Crippen LogP contribution < -0.4 is 52.3 Å². The summed E-state index contributed by atoms with van der Waals surface area (Å²) in [5.74, 6) is 4.49. The number of carbonyl (C=O) groups is 1. The highest BCUT2D eigenvalue weighted by atomic mass is 32.1. The molecule has 0 saturated heterocycles. The van der Waals surface area contributed by atoms with Crippen molar-refractivity contribution in [1.82, 2.24) is 0 Å². The number of fused-ring (bicyclic) bond motifs is 7. The Morgan fingerprint density at radius 3 is 1.36 bits per heavy atom. The number of thiophene rings is 5. The first kappa shape index (κ1) is 42.5. The number of ether oxygens (including phenoxy) is 10. The normalized spacial score (nSPS) is 16.3. The first-order valence-electron chi connectivity index (χ1n) is 22.4. The van der Waals surface area contributed by atoms with Crippen molar-refractivity contribution in [3.63, 3.8) is 0 Å². The lowest BCUT2D eigenvalue weighted by atomic mass is 10.0. The lowest BCUT2D eigenvalue weighted by Gasteiger charge is -2.25. The summed E-state index contributed by atoms with van der Waals surface area (Å²) < 4.78 is 64.0. The Morgan fingerprint density at radius 2 is 0.913 bits per heavy atom. The maximum absolute atomic E-state index is 11.9. The quantitative estimate of drug-likeness (QED) is 0.113. The molecule has 5 aromatic heterocycles. The highest BCUT2D eigenvalue weighted by Gasteiger charge is 2.40. The van der Waals surface area contributed by atoms with Crippen molar-refractivity contribution in [2.24, 2.45) is 0 Å². The van der Waals surface area contributed by atoms with Crippen LogP contribution in [0.3, 0.4) is 0 Å². The number of rotatable bonds is 8. The van der Waals surface area contributed by atoms with Gasteiger partial charge in [-0.25, -0.2) is 4.79 Å². The van der Waals surface area contributed by atoms with Gasteiger partial charge in [-0.15, -0.1) is 56.7 Å². The second kappa shape index (κ2) is 17.1. The molecule has 13 rings (SSSR count). The molecule has 0 amide bonds. The van der Waals surface area contributed by atoms with Gasteiger partial charge in [0.05, 0.1) is 48.8 Å². The van der Waals surface area contributed by atoms with Crippen LogP contribution in [0.25, 0.3) is 55.5 Å². The number of nitrogens with zero attached hydrogens (tertiary/aromatic N) is 2. The number of carboxylic acids is 1. The SMILES string of the molecule is CCN1c2ccccc2CCc2cc(-c3sc(-c4sc(-c5sc(-c6sc(-c7sc(/C=C(\C#N)C(=O)O)c8c7OCCO8)c7c6OCCO7)c6c5OCCO6)c5c4OCCO5)c4c3OCCO4)ccc21. The molecule has 0 atom stereocenters. The largest absolute Gasteiger partial charge is 0.485 e. The Balaban J connectivity index is 0.928. The summed E-state index contributed by atoms with van der Waals surface area (Å²) in [5.41, 5.74) is 5.79. The number of para-hydroxylation sites is 1. The molecule has 0 aliphatic carbocycles. The van der Waals surface area contributed by atoms with Crippen molar-refractivity contribution in [2.45, 2.75) is 19.8 Å². The highest BCUT2D eigenvalue weighted by Crippen LogP contribution is 2.67. The summed E-state index contributed by atoms with van der Waals surface area (Å²) >= 11 is 7.44. The van der Waals surface area contributed by atoms with E-state index in [1.807, 2.05) is 0 Å². The van der Waals surface area contributed by atoms with E-state index in [1.165, 1.54) is 62.6 Å². The summed E-state index contributed by atoms with van der Waals surface area (Å²) in [6.07, 6.45) is 3.20. The average Bonchev–Trinajstić information content (AvgIpc) is 4.21. The van der Waals surface area contributed by atoms with E-state index in [2.05, 4.69) is 54.3 Å². The minimum absolute atomic E-state index is 0.274. The second-order valence-corrected chi connectivity index (χ2v) is 21.4. The van der Waals surface area contributed by atoms with Crippen LogP contribution in [-0.4, -0.2) is 83.7 Å². The molecule has 6 aliphatic rings. The number of carboxylic acid groups (broad SMARTS) is 1. The molecule has 0 spiro atoms. The molecule has 0 unspecified atom stereocenters. The Kier molecular flexibility index (Phi) is 10.6. The second-order valence-electron chi connectivity index (χ2n) is 16.3. The molecular formula is C50H38N2O12S5. The average molecular weight is 1020 g/mol. The van der Waals surface area contributed by atoms with Crippen LogP contribution in [0.2, 0.25) is 0 Å². The summed E-state index contributed by atoms with van der Waals surface area (Å²) in [6.45, 7) is 6.61. The van der Waals surface area contributed by atoms with E-state index in [0.29, 0.717) is 121 Å². The molecule has 0 radical (unpaired) electrons. The number of nitriles is 1. The number of anilines is 2. The monoisotopic (exact) mass is 1020 g/mol. The highest BCUT2D eigenvalue weighted by molar-refractivity contribution is 7.31. The molecule has 1 N–H and O–H groups in total. The number of aliphatic carboxylic acids is 1. The summed E-state index contributed by atoms with van der Waals surface area (Å²) in [7, 11) is 0. The number of benzene rings is 2. The maximum Gasteiger partial charge on any atom is 0.346 e. The van der Waals surface area contributed by atoms with Crippen molar-refractivity contribution in [1.29, 1.82) is 5.26 Å². The first-order chi connectivity index (χ1) is 34.0. The minimum Gasteiger partial charge on any atom is -0.485 e. The summed E-state index contributed by atoms with van der Waals surface area (Å²) in [6, 6.07) is 17.2. The van der Waals surface area contributed by atoms with Crippen molar-refractivity contribution >= 4 is 80.1 Å². The molecule has 14 nitrogen and oxygen atoms in total. The van der Waals surface area contributed by atoms with Crippen molar-refractivity contribution in [3.8, 4) is 113 Å². The Hall–Kier alpha value is -6.56. The van der Waals surface area contributed by atoms with Gasteiger partial charge >= 0.3 is 5.97 Å². The van der Waals surface area contributed by atoms with E-state index in [4.69, 9.17) is 47.4 Å². The van der Waals surface area contributed by atoms with Crippen molar-refractivity contribution in [2.75, 3.05) is 77.5 Å². The van der Waals surface area contributed by atoms with E-state index < -0.39 is 11.5 Å². The summed E-state index contributed by atoms with van der Waals surface area (Å²) in [5, 5.41) is 19.3. The van der Waals surface area contributed by atoms with Gasteiger partial charge in [-0.3, -0.25) is 0 Å². The molecule has 0 bridgehead atoms. The Morgan fingerprint density at radius 1 is 0.536 bits per heavy atom. The Bertz CT molecular complexity index is 3330. The third-order valence-electron chi connectivity index (χ3n) is 12.4. The van der Waals surface area contributed by atoms with Gasteiger partial charge in [-0.05, 0) is 60.7 Å². The van der Waals surface area contributed by atoms with E-state index in [9.17, 15) is 15.2 Å². The van der Waals surface area contributed by atoms with Gasteiger partial charge in [0.15, 0.2) is 57.5 Å². The third kappa shape index (κ3) is 6.89. The summed E-state index contributed by atoms with van der Waals surface area (Å²) in [4.78, 5) is 22.1. The first-order valence-corrected chi connectivity index (χ1v) is 26.5. The zero-order valence-electron chi connectivity index (χ0n) is 36.7. The van der Waals surface area contributed by atoms with Gasteiger partial charge in [-0.2, -0.15) is 5.26 Å². The zero-order chi connectivity index (χ0) is 46.3. The molecule has 350 valence electrons. The fraction of sp³-hybridized carbons (Fsp3) is 0.280. The molecule has 6 aliphatic heterocycles. The van der Waals surface area contributed by atoms with Gasteiger partial charge in [-0.1, -0.05) is 24.3 Å². The minimum atomic E-state index is -1.33. The van der Waals surface area contributed by atoms with E-state index >= 15 is 0 Å². The molecule has 2 aromatic carbocycles. The zero-order valence-corrected chi connectivity index (χ0v) is 40.8. The van der Waals surface area contributed by atoms with Gasteiger partial charge in [0.25, 0.3) is 0 Å². The van der Waals surface area contributed by atoms with Crippen LogP contribution in [0.1, 0.15) is 22.9 Å². The van der Waals surface area contributed by atoms with Crippen molar-refractivity contribution < 1.29 is 57.3 Å². The maximum atomic E-state index is 11.9. The van der Waals surface area contributed by atoms with Crippen LogP contribution >= 0.6 is 56.7 Å². The molecule has 11 heterocycles. The lowest BCUT2D eigenvalue weighted by molar-refractivity contribution is -0.132. The topological polar surface area (TPSA) is 157 Å². The smallest absolute Gasteiger partial charge is 0.346 e. The molecule has 0 saturated carbocycles. The van der Waals surface area contributed by atoms with Gasteiger partial charge < -0.3 is 57.4 Å². The molecule has 19 heteroatoms. The predicted octanol–water partition coefficient (Wildman–Crippen LogP) is 11.4. The third-order valence-corrected chi connectivity index (χ3v) is 18.8. The van der Waals surface area contributed by atoms with E-state index in [1.54, 1.807) is 28.7 Å². The molecule has 0 fully saturated rings. The standard InChI is InChI=1S/C50H38N2O12S5/c1-2-52-28-6-4-3-5-24(28)7-8-25-21-26(9-10-29(25)52)41-33-34(58-14-13-57-33)44(66-41)45-37-38(62-18-17-61-37)48(68-45)49-40-39(63-19-20-64-40)47(69-49)46-36-35(59-15-16-60-36)43(67-46)42-32-31(55-11-12-56-32)30(65-42)22-27(23-51)50(53)54/h3-6,9-10,21-22H,2,7-8,11-20H2,1H3,(H,53,54)/b27-22+. The fourth-order valence-corrected chi connectivity index (χ4v) is 15.8. The Labute approximate surface area is 414 Å². The van der Waals surface area contributed by atoms with Crippen LogP contribution in [0.4, 0.5) is 11.4 Å². The van der Waals surface area contributed by atoms with Crippen molar-refractivity contribution in [3.05, 3.63) is 64.0 Å². The van der Waals surface area contributed by atoms with Gasteiger partial charge in [0.1, 0.15) is 77.7 Å². The number of hydrogen-bond donors (Lipinski definition) is 1. The van der Waals surface area contributed by atoms with E-state index in [-0.39, 0.29) is 6.61 Å². The number of aryl methyl sites for hydroxylation is 2. The lowest BCUT2D eigenvalue weighted by Crippen LogP contribution is -2.17.